The maximum Gasteiger partial charge on any atom is 0.339 e. The van der Waals surface area contributed by atoms with Gasteiger partial charge in [0, 0.05) is 10.0 Å². The number of halogens is 1. The van der Waals surface area contributed by atoms with Crippen LogP contribution >= 0.6 is 15.9 Å². The molecule has 32 heavy (non-hydrogen) atoms. The molecule has 166 valence electrons. The van der Waals surface area contributed by atoms with Crippen LogP contribution in [0.1, 0.15) is 27.0 Å². The minimum atomic E-state index is -4.04. The van der Waals surface area contributed by atoms with Crippen molar-refractivity contribution in [3.8, 4) is 11.5 Å². The fourth-order valence-corrected chi connectivity index (χ4v) is 4.11. The van der Waals surface area contributed by atoms with Gasteiger partial charge >= 0.3 is 10.1 Å². The highest BCUT2D eigenvalue weighted by Crippen LogP contribution is 2.26. The Morgan fingerprint density at radius 1 is 0.969 bits per heavy atom. The predicted octanol–water partition coefficient (Wildman–Crippen LogP) is 4.61. The molecule has 3 aromatic carbocycles. The Hall–Kier alpha value is -3.17. The predicted molar refractivity (Wildman–Crippen MR) is 126 cm³/mol. The highest BCUT2D eigenvalue weighted by atomic mass is 79.9. The normalized spacial score (nSPS) is 11.4. The van der Waals surface area contributed by atoms with Crippen molar-refractivity contribution in [3.05, 3.63) is 87.4 Å². The van der Waals surface area contributed by atoms with E-state index in [-0.39, 0.29) is 10.6 Å². The van der Waals surface area contributed by atoms with Gasteiger partial charge in [-0.25, -0.2) is 5.43 Å². The van der Waals surface area contributed by atoms with E-state index in [9.17, 15) is 13.2 Å². The Morgan fingerprint density at radius 3 is 2.34 bits per heavy atom. The van der Waals surface area contributed by atoms with Gasteiger partial charge in [0.25, 0.3) is 5.91 Å². The van der Waals surface area contributed by atoms with E-state index in [0.717, 1.165) is 11.1 Å². The van der Waals surface area contributed by atoms with Crippen LogP contribution in [0.4, 0.5) is 0 Å². The van der Waals surface area contributed by atoms with Crippen LogP contribution in [0.2, 0.25) is 0 Å². The van der Waals surface area contributed by atoms with Crippen molar-refractivity contribution in [3.63, 3.8) is 0 Å². The van der Waals surface area contributed by atoms with E-state index in [1.54, 1.807) is 42.5 Å². The van der Waals surface area contributed by atoms with E-state index in [1.165, 1.54) is 31.5 Å². The first kappa shape index (κ1) is 23.5. The highest BCUT2D eigenvalue weighted by Gasteiger charge is 2.18. The lowest BCUT2D eigenvalue weighted by atomic mass is 10.1. The van der Waals surface area contributed by atoms with Crippen LogP contribution in [0.25, 0.3) is 0 Å². The van der Waals surface area contributed by atoms with Crippen LogP contribution in [0, 0.1) is 13.8 Å². The smallest absolute Gasteiger partial charge is 0.339 e. The number of hydrazone groups is 1. The molecule has 0 aliphatic heterocycles. The molecule has 0 spiro atoms. The summed E-state index contributed by atoms with van der Waals surface area (Å²) in [6, 6.07) is 16.3. The summed E-state index contributed by atoms with van der Waals surface area (Å²) in [5.41, 5.74) is 4.98. The molecule has 0 atom stereocenters. The van der Waals surface area contributed by atoms with Crippen LogP contribution in [0.3, 0.4) is 0 Å². The number of carbonyl (C=O) groups is 1. The van der Waals surface area contributed by atoms with Gasteiger partial charge in [-0.15, -0.1) is 0 Å². The number of methoxy groups -OCH3 is 1. The van der Waals surface area contributed by atoms with Crippen LogP contribution in [0.5, 0.6) is 11.5 Å². The SMILES string of the molecule is COc1cc(C)ccc1C(=O)N/N=C\c1cc(Br)ccc1OS(=O)(=O)c1ccc(C)cc1. The number of rotatable bonds is 7. The molecule has 0 saturated heterocycles. The number of nitrogens with zero attached hydrogens (tertiary/aromatic N) is 1. The average Bonchev–Trinajstić information content (AvgIpc) is 2.75. The molecule has 1 amide bonds. The summed E-state index contributed by atoms with van der Waals surface area (Å²) >= 11 is 3.34. The second-order valence-corrected chi connectivity index (χ2v) is 9.40. The van der Waals surface area contributed by atoms with Gasteiger partial charge in [0.05, 0.1) is 18.9 Å². The molecular formula is C23H21BrN2O5S. The van der Waals surface area contributed by atoms with E-state index >= 15 is 0 Å². The van der Waals surface area contributed by atoms with E-state index in [4.69, 9.17) is 8.92 Å². The zero-order valence-corrected chi connectivity index (χ0v) is 20.0. The van der Waals surface area contributed by atoms with Crippen molar-refractivity contribution in [1.82, 2.24) is 5.43 Å². The van der Waals surface area contributed by atoms with Gasteiger partial charge in [-0.1, -0.05) is 39.7 Å². The van der Waals surface area contributed by atoms with Crippen molar-refractivity contribution in [2.75, 3.05) is 7.11 Å². The molecule has 0 fully saturated rings. The van der Waals surface area contributed by atoms with Gasteiger partial charge in [0.1, 0.15) is 10.6 Å². The maximum absolute atomic E-state index is 12.7. The largest absolute Gasteiger partial charge is 0.496 e. The number of amides is 1. The number of hydrogen-bond acceptors (Lipinski definition) is 6. The Balaban J connectivity index is 1.81. The summed E-state index contributed by atoms with van der Waals surface area (Å²) < 4.78 is 36.6. The topological polar surface area (TPSA) is 94.1 Å². The Labute approximate surface area is 195 Å². The molecule has 0 unspecified atom stereocenters. The third kappa shape index (κ3) is 5.74. The van der Waals surface area contributed by atoms with Gasteiger partial charge in [0.15, 0.2) is 5.75 Å². The molecule has 0 aliphatic carbocycles. The first-order chi connectivity index (χ1) is 15.2. The molecule has 1 N–H and O–H groups in total. The molecule has 0 saturated carbocycles. The molecule has 7 nitrogen and oxygen atoms in total. The second kappa shape index (κ2) is 9.97. The third-order valence-electron chi connectivity index (χ3n) is 4.45. The van der Waals surface area contributed by atoms with Crippen LogP contribution in [-0.2, 0) is 10.1 Å². The van der Waals surface area contributed by atoms with Crippen molar-refractivity contribution < 1.29 is 22.1 Å². The molecule has 0 bridgehead atoms. The molecule has 0 radical (unpaired) electrons. The minimum absolute atomic E-state index is 0.0358. The summed E-state index contributed by atoms with van der Waals surface area (Å²) in [5, 5.41) is 3.96. The third-order valence-corrected chi connectivity index (χ3v) is 6.19. The summed E-state index contributed by atoms with van der Waals surface area (Å²) in [5.74, 6) is 0.0240. The van der Waals surface area contributed by atoms with Gasteiger partial charge in [0.2, 0.25) is 0 Å². The van der Waals surface area contributed by atoms with E-state index in [1.807, 2.05) is 13.8 Å². The van der Waals surface area contributed by atoms with Crippen LogP contribution < -0.4 is 14.3 Å². The Morgan fingerprint density at radius 2 is 1.66 bits per heavy atom. The summed E-state index contributed by atoms with van der Waals surface area (Å²) in [7, 11) is -2.56. The molecule has 9 heteroatoms. The summed E-state index contributed by atoms with van der Waals surface area (Å²) in [6.07, 6.45) is 1.31. The lowest BCUT2D eigenvalue weighted by Crippen LogP contribution is -2.18. The molecule has 0 aliphatic rings. The van der Waals surface area contributed by atoms with Crippen LogP contribution in [0.15, 0.2) is 75.1 Å². The number of nitrogens with one attached hydrogen (secondary N) is 1. The monoisotopic (exact) mass is 516 g/mol. The molecule has 0 heterocycles. The van der Waals surface area contributed by atoms with E-state index in [2.05, 4.69) is 26.5 Å². The first-order valence-electron chi connectivity index (χ1n) is 9.48. The molecule has 0 aromatic heterocycles. The van der Waals surface area contributed by atoms with E-state index < -0.39 is 16.0 Å². The number of benzene rings is 3. The molecular weight excluding hydrogens is 496 g/mol. The van der Waals surface area contributed by atoms with Crippen molar-refractivity contribution in [2.24, 2.45) is 5.10 Å². The second-order valence-electron chi connectivity index (χ2n) is 6.94. The first-order valence-corrected chi connectivity index (χ1v) is 11.7. The van der Waals surface area contributed by atoms with Crippen molar-refractivity contribution in [2.45, 2.75) is 18.7 Å². The lowest BCUT2D eigenvalue weighted by Gasteiger charge is -2.10. The zero-order chi connectivity index (χ0) is 23.3. The van der Waals surface area contributed by atoms with Gasteiger partial charge in [-0.3, -0.25) is 4.79 Å². The lowest BCUT2D eigenvalue weighted by molar-refractivity contribution is 0.0952. The maximum atomic E-state index is 12.7. The molecule has 3 rings (SSSR count). The van der Waals surface area contributed by atoms with Gasteiger partial charge < -0.3 is 8.92 Å². The van der Waals surface area contributed by atoms with Crippen molar-refractivity contribution in [1.29, 1.82) is 0 Å². The summed E-state index contributed by atoms with van der Waals surface area (Å²) in [6.45, 7) is 3.75. The number of ether oxygens (including phenoxy) is 1. The van der Waals surface area contributed by atoms with E-state index in [0.29, 0.717) is 21.3 Å². The number of hydrogen-bond donors (Lipinski definition) is 1. The Bertz CT molecular complexity index is 1270. The Kier molecular flexibility index (Phi) is 7.32. The molecule has 3 aromatic rings. The highest BCUT2D eigenvalue weighted by molar-refractivity contribution is 9.10. The summed E-state index contributed by atoms with van der Waals surface area (Å²) in [4.78, 5) is 12.5. The quantitative estimate of drug-likeness (QED) is 0.281. The zero-order valence-electron chi connectivity index (χ0n) is 17.6. The fraction of sp³-hybridized carbons (Fsp3) is 0.130. The van der Waals surface area contributed by atoms with Gasteiger partial charge in [-0.05, 0) is 61.9 Å². The number of carbonyl (C=O) groups excluding carboxylic acids is 1. The van der Waals surface area contributed by atoms with Gasteiger partial charge in [-0.2, -0.15) is 13.5 Å². The minimum Gasteiger partial charge on any atom is -0.496 e. The standard InChI is InChI=1S/C23H21BrN2O5S/c1-15-4-8-19(9-5-15)32(28,29)31-21-11-7-18(24)13-17(21)14-25-26-23(27)20-10-6-16(2)12-22(20)30-3/h4-14H,1-3H3,(H,26,27)/b25-14-. The number of aryl methyl sites for hydroxylation is 2. The average molecular weight is 517 g/mol. The van der Waals surface area contributed by atoms with Crippen molar-refractivity contribution >= 4 is 38.2 Å². The fourth-order valence-electron chi connectivity index (χ4n) is 2.77. The van der Waals surface area contributed by atoms with Crippen LogP contribution in [-0.4, -0.2) is 27.6 Å².